The number of benzene rings is 2. The molecular weight excluding hydrogens is 330 g/mol. The molecule has 3 aromatic rings. The molecule has 1 unspecified atom stereocenters. The summed E-state index contributed by atoms with van der Waals surface area (Å²) >= 11 is 0. The van der Waals surface area contributed by atoms with Crippen LogP contribution >= 0.6 is 0 Å². The monoisotopic (exact) mass is 349 g/mol. The largest absolute Gasteiger partial charge is 0.456 e. The predicted molar refractivity (Wildman–Crippen MR) is 100 cm³/mol. The molecule has 0 aliphatic carbocycles. The number of hydrogen-bond donors (Lipinski definition) is 1. The molecule has 5 heteroatoms. The highest BCUT2D eigenvalue weighted by Crippen LogP contribution is 2.24. The average Bonchev–Trinajstić information content (AvgIpc) is 3.17. The van der Waals surface area contributed by atoms with Crippen molar-refractivity contribution in [3.8, 4) is 11.3 Å². The number of anilines is 1. The van der Waals surface area contributed by atoms with Crippen LogP contribution in [-0.4, -0.2) is 18.6 Å². The molecule has 1 N–H and O–H groups in total. The van der Waals surface area contributed by atoms with Crippen LogP contribution in [0.25, 0.3) is 22.3 Å². The first-order chi connectivity index (χ1) is 12.6. The van der Waals surface area contributed by atoms with Gasteiger partial charge in [0.1, 0.15) is 17.4 Å². The second-order valence-corrected chi connectivity index (χ2v) is 6.54. The van der Waals surface area contributed by atoms with Crippen LogP contribution in [0, 0.1) is 6.92 Å². The molecule has 0 radical (unpaired) electrons. The van der Waals surface area contributed by atoms with Crippen LogP contribution < -0.4 is 10.7 Å². The van der Waals surface area contributed by atoms with Crippen molar-refractivity contribution in [2.75, 3.05) is 11.9 Å². The van der Waals surface area contributed by atoms with Gasteiger partial charge in [0.2, 0.25) is 0 Å². The van der Waals surface area contributed by atoms with E-state index in [4.69, 9.17) is 9.15 Å². The molecule has 1 saturated heterocycles. The molecule has 0 saturated carbocycles. The van der Waals surface area contributed by atoms with E-state index in [9.17, 15) is 9.59 Å². The normalized spacial score (nSPS) is 16.7. The summed E-state index contributed by atoms with van der Waals surface area (Å²) in [4.78, 5) is 24.7. The minimum Gasteiger partial charge on any atom is -0.456 e. The Morgan fingerprint density at radius 2 is 1.92 bits per heavy atom. The number of ether oxygens (including phenoxy) is 1. The van der Waals surface area contributed by atoms with E-state index in [0.717, 1.165) is 24.0 Å². The van der Waals surface area contributed by atoms with Gasteiger partial charge in [-0.05, 0) is 38.0 Å². The SMILES string of the molecule is Cc1ccc(-c2cc(=O)c3cc(NC(=O)C4CCCO4)ccc3o2)cc1. The van der Waals surface area contributed by atoms with E-state index < -0.39 is 6.10 Å². The van der Waals surface area contributed by atoms with Crippen LogP contribution in [0.15, 0.2) is 57.7 Å². The van der Waals surface area contributed by atoms with Crippen LogP contribution in [0.3, 0.4) is 0 Å². The van der Waals surface area contributed by atoms with Gasteiger partial charge in [0, 0.05) is 23.9 Å². The van der Waals surface area contributed by atoms with Crippen molar-refractivity contribution < 1.29 is 13.9 Å². The molecule has 132 valence electrons. The van der Waals surface area contributed by atoms with Crippen LogP contribution in [-0.2, 0) is 9.53 Å². The Hall–Kier alpha value is -2.92. The third kappa shape index (κ3) is 3.26. The highest BCUT2D eigenvalue weighted by Gasteiger charge is 2.23. The van der Waals surface area contributed by atoms with E-state index in [2.05, 4.69) is 5.32 Å². The Morgan fingerprint density at radius 3 is 2.65 bits per heavy atom. The van der Waals surface area contributed by atoms with Gasteiger partial charge >= 0.3 is 0 Å². The second-order valence-electron chi connectivity index (χ2n) is 6.54. The quantitative estimate of drug-likeness (QED) is 0.779. The second kappa shape index (κ2) is 6.77. The van der Waals surface area contributed by atoms with Crippen molar-refractivity contribution in [3.63, 3.8) is 0 Å². The molecule has 1 aromatic heterocycles. The van der Waals surface area contributed by atoms with E-state index in [0.29, 0.717) is 29.0 Å². The van der Waals surface area contributed by atoms with E-state index in [1.807, 2.05) is 31.2 Å². The van der Waals surface area contributed by atoms with Gasteiger partial charge in [0.15, 0.2) is 5.43 Å². The maximum Gasteiger partial charge on any atom is 0.253 e. The fraction of sp³-hybridized carbons (Fsp3) is 0.238. The zero-order valence-electron chi connectivity index (χ0n) is 14.5. The molecule has 1 aliphatic rings. The van der Waals surface area contributed by atoms with E-state index in [1.54, 1.807) is 18.2 Å². The Bertz CT molecular complexity index is 1010. The summed E-state index contributed by atoms with van der Waals surface area (Å²) in [6, 6.07) is 14.4. The van der Waals surface area contributed by atoms with E-state index in [-0.39, 0.29) is 11.3 Å². The topological polar surface area (TPSA) is 68.5 Å². The number of amides is 1. The zero-order chi connectivity index (χ0) is 18.1. The van der Waals surface area contributed by atoms with Gasteiger partial charge in [-0.25, -0.2) is 0 Å². The standard InChI is InChI=1S/C21H19NO4/c1-13-4-6-14(7-5-13)20-12-17(23)16-11-15(8-9-18(16)26-20)22-21(24)19-3-2-10-25-19/h4-9,11-12,19H,2-3,10H2,1H3,(H,22,24). The number of rotatable bonds is 3. The van der Waals surface area contributed by atoms with Crippen molar-refractivity contribution in [1.29, 1.82) is 0 Å². The van der Waals surface area contributed by atoms with Gasteiger partial charge in [-0.2, -0.15) is 0 Å². The molecule has 0 bridgehead atoms. The zero-order valence-corrected chi connectivity index (χ0v) is 14.5. The van der Waals surface area contributed by atoms with Gasteiger partial charge in [-0.1, -0.05) is 29.8 Å². The summed E-state index contributed by atoms with van der Waals surface area (Å²) in [6.07, 6.45) is 1.20. The lowest BCUT2D eigenvalue weighted by atomic mass is 10.1. The van der Waals surface area contributed by atoms with Crippen LogP contribution in [0.4, 0.5) is 5.69 Å². The van der Waals surface area contributed by atoms with Gasteiger partial charge in [-0.3, -0.25) is 9.59 Å². The first-order valence-corrected chi connectivity index (χ1v) is 8.67. The third-order valence-corrected chi connectivity index (χ3v) is 4.55. The molecule has 1 fully saturated rings. The Kier molecular flexibility index (Phi) is 4.31. The van der Waals surface area contributed by atoms with Gasteiger partial charge < -0.3 is 14.5 Å². The summed E-state index contributed by atoms with van der Waals surface area (Å²) < 4.78 is 11.3. The van der Waals surface area contributed by atoms with Crippen molar-refractivity contribution in [1.82, 2.24) is 0 Å². The summed E-state index contributed by atoms with van der Waals surface area (Å²) in [5.74, 6) is 0.348. The first-order valence-electron chi connectivity index (χ1n) is 8.67. The number of carbonyl (C=O) groups excluding carboxylic acids is 1. The highest BCUT2D eigenvalue weighted by molar-refractivity contribution is 5.96. The number of hydrogen-bond acceptors (Lipinski definition) is 4. The summed E-state index contributed by atoms with van der Waals surface area (Å²) in [5, 5.41) is 3.25. The Morgan fingerprint density at radius 1 is 1.12 bits per heavy atom. The van der Waals surface area contributed by atoms with E-state index >= 15 is 0 Å². The Labute approximate surface area is 150 Å². The number of aryl methyl sites for hydroxylation is 1. The lowest BCUT2D eigenvalue weighted by Crippen LogP contribution is -2.26. The predicted octanol–water partition coefficient (Wildman–Crippen LogP) is 3.89. The maximum atomic E-state index is 12.5. The molecule has 5 nitrogen and oxygen atoms in total. The van der Waals surface area contributed by atoms with Crippen LogP contribution in [0.2, 0.25) is 0 Å². The molecule has 2 aromatic carbocycles. The Balaban J connectivity index is 1.65. The van der Waals surface area contributed by atoms with Gasteiger partial charge in [0.25, 0.3) is 5.91 Å². The fourth-order valence-corrected chi connectivity index (χ4v) is 3.10. The van der Waals surface area contributed by atoms with Crippen molar-refractivity contribution in [3.05, 3.63) is 64.3 Å². The fourth-order valence-electron chi connectivity index (χ4n) is 3.10. The van der Waals surface area contributed by atoms with Gasteiger partial charge in [-0.15, -0.1) is 0 Å². The summed E-state index contributed by atoms with van der Waals surface area (Å²) in [6.45, 7) is 2.62. The molecule has 1 aliphatic heterocycles. The lowest BCUT2D eigenvalue weighted by Gasteiger charge is -2.11. The number of fused-ring (bicyclic) bond motifs is 1. The van der Waals surface area contributed by atoms with Crippen molar-refractivity contribution in [2.45, 2.75) is 25.9 Å². The summed E-state index contributed by atoms with van der Waals surface area (Å²) in [7, 11) is 0. The van der Waals surface area contributed by atoms with Crippen molar-refractivity contribution in [2.24, 2.45) is 0 Å². The number of nitrogens with one attached hydrogen (secondary N) is 1. The van der Waals surface area contributed by atoms with E-state index in [1.165, 1.54) is 6.07 Å². The summed E-state index contributed by atoms with van der Waals surface area (Å²) in [5.41, 5.74) is 2.90. The molecule has 26 heavy (non-hydrogen) atoms. The molecule has 1 amide bonds. The van der Waals surface area contributed by atoms with Crippen LogP contribution in [0.5, 0.6) is 0 Å². The maximum absolute atomic E-state index is 12.5. The lowest BCUT2D eigenvalue weighted by molar-refractivity contribution is -0.124. The molecule has 2 heterocycles. The molecular formula is C21H19NO4. The third-order valence-electron chi connectivity index (χ3n) is 4.55. The smallest absolute Gasteiger partial charge is 0.253 e. The molecule has 4 rings (SSSR count). The minimum absolute atomic E-state index is 0.143. The highest BCUT2D eigenvalue weighted by atomic mass is 16.5. The average molecular weight is 349 g/mol. The molecule has 1 atom stereocenters. The molecule has 0 spiro atoms. The van der Waals surface area contributed by atoms with Crippen LogP contribution in [0.1, 0.15) is 18.4 Å². The number of carbonyl (C=O) groups is 1. The minimum atomic E-state index is -0.411. The van der Waals surface area contributed by atoms with Crippen molar-refractivity contribution >= 4 is 22.6 Å². The first kappa shape index (κ1) is 16.5. The van der Waals surface area contributed by atoms with Gasteiger partial charge in [0.05, 0.1) is 5.39 Å².